The van der Waals surface area contributed by atoms with Crippen molar-refractivity contribution in [2.75, 3.05) is 0 Å². The lowest BCUT2D eigenvalue weighted by molar-refractivity contribution is -0.137. The molecule has 5 nitrogen and oxygen atoms in total. The molecule has 0 spiro atoms. The Labute approximate surface area is 87.0 Å². The molecule has 0 aromatic heterocycles. The zero-order valence-electron chi connectivity index (χ0n) is 8.01. The molecule has 1 rings (SSSR count). The summed E-state index contributed by atoms with van der Waals surface area (Å²) in [5.41, 5.74) is 7.78. The second-order valence-corrected chi connectivity index (χ2v) is 2.81. The highest BCUT2D eigenvalue weighted by atomic mass is 16.2. The molecule has 15 heavy (non-hydrogen) atoms. The van der Waals surface area contributed by atoms with Crippen LogP contribution < -0.4 is 11.2 Å². The summed E-state index contributed by atoms with van der Waals surface area (Å²) in [7, 11) is 0. The third kappa shape index (κ3) is 4.04. The van der Waals surface area contributed by atoms with Crippen molar-refractivity contribution >= 4 is 18.0 Å². The normalized spacial score (nSPS) is 10.1. The predicted molar refractivity (Wildman–Crippen MR) is 56.0 cm³/mol. The standard InChI is InChI=1S/C10H11N3O2/c11-9(14)10(15)13-12-7-6-8-4-2-1-3-5-8/h1-5,7H,6H2,(H2,11,14)(H,13,15)/b12-7+. The average molecular weight is 205 g/mol. The van der Waals surface area contributed by atoms with Crippen LogP contribution in [0.25, 0.3) is 0 Å². The van der Waals surface area contributed by atoms with Crippen molar-refractivity contribution in [3.63, 3.8) is 0 Å². The van der Waals surface area contributed by atoms with Gasteiger partial charge in [0.2, 0.25) is 0 Å². The van der Waals surface area contributed by atoms with E-state index in [-0.39, 0.29) is 0 Å². The van der Waals surface area contributed by atoms with Crippen LogP contribution in [0.4, 0.5) is 0 Å². The Kier molecular flexibility index (Phi) is 4.03. The number of amides is 2. The van der Waals surface area contributed by atoms with Crippen LogP contribution >= 0.6 is 0 Å². The predicted octanol–water partition coefficient (Wildman–Crippen LogP) is -0.184. The Hall–Kier alpha value is -2.17. The summed E-state index contributed by atoms with van der Waals surface area (Å²) >= 11 is 0. The topological polar surface area (TPSA) is 84.5 Å². The number of carbonyl (C=O) groups is 2. The van der Waals surface area contributed by atoms with E-state index in [1.807, 2.05) is 35.8 Å². The molecule has 1 aromatic carbocycles. The highest BCUT2D eigenvalue weighted by Crippen LogP contribution is 1.96. The lowest BCUT2D eigenvalue weighted by Gasteiger charge is -1.95. The van der Waals surface area contributed by atoms with Crippen LogP contribution in [0, 0.1) is 0 Å². The molecule has 2 amide bonds. The van der Waals surface area contributed by atoms with E-state index in [2.05, 4.69) is 5.10 Å². The summed E-state index contributed by atoms with van der Waals surface area (Å²) in [5.74, 6) is -1.97. The van der Waals surface area contributed by atoms with E-state index in [1.54, 1.807) is 0 Å². The summed E-state index contributed by atoms with van der Waals surface area (Å²) in [6.45, 7) is 0. The van der Waals surface area contributed by atoms with E-state index in [0.717, 1.165) is 5.56 Å². The molecule has 0 bridgehead atoms. The maximum absolute atomic E-state index is 10.7. The summed E-state index contributed by atoms with van der Waals surface area (Å²) in [6.07, 6.45) is 2.08. The van der Waals surface area contributed by atoms with Crippen LogP contribution in [-0.4, -0.2) is 18.0 Å². The minimum absolute atomic E-state index is 0.583. The second kappa shape index (κ2) is 5.54. The van der Waals surface area contributed by atoms with Gasteiger partial charge in [-0.2, -0.15) is 5.10 Å². The third-order valence-corrected chi connectivity index (χ3v) is 1.65. The van der Waals surface area contributed by atoms with Gasteiger partial charge in [0.25, 0.3) is 0 Å². The maximum atomic E-state index is 10.7. The smallest absolute Gasteiger partial charge is 0.329 e. The van der Waals surface area contributed by atoms with Crippen molar-refractivity contribution in [3.8, 4) is 0 Å². The molecule has 0 aliphatic carbocycles. The molecule has 0 unspecified atom stereocenters. The summed E-state index contributed by atoms with van der Waals surface area (Å²) in [4.78, 5) is 21.0. The molecule has 3 N–H and O–H groups in total. The Balaban J connectivity index is 2.35. The van der Waals surface area contributed by atoms with Gasteiger partial charge in [0.15, 0.2) is 0 Å². The molecule has 0 fully saturated rings. The number of nitrogens with zero attached hydrogens (tertiary/aromatic N) is 1. The Morgan fingerprint density at radius 3 is 2.60 bits per heavy atom. The molecule has 0 saturated heterocycles. The lowest BCUT2D eigenvalue weighted by Crippen LogP contribution is -2.32. The average Bonchev–Trinajstić information content (AvgIpc) is 2.25. The van der Waals surface area contributed by atoms with E-state index >= 15 is 0 Å². The quantitative estimate of drug-likeness (QED) is 0.407. The van der Waals surface area contributed by atoms with Gasteiger partial charge in [0.05, 0.1) is 0 Å². The Morgan fingerprint density at radius 2 is 2.00 bits per heavy atom. The van der Waals surface area contributed by atoms with E-state index in [9.17, 15) is 9.59 Å². The van der Waals surface area contributed by atoms with Gasteiger partial charge in [-0.3, -0.25) is 9.59 Å². The van der Waals surface area contributed by atoms with Crippen molar-refractivity contribution in [2.24, 2.45) is 10.8 Å². The summed E-state index contributed by atoms with van der Waals surface area (Å²) < 4.78 is 0. The molecular weight excluding hydrogens is 194 g/mol. The first-order chi connectivity index (χ1) is 7.20. The van der Waals surface area contributed by atoms with Crippen LogP contribution in [0.3, 0.4) is 0 Å². The first-order valence-corrected chi connectivity index (χ1v) is 4.35. The van der Waals surface area contributed by atoms with Crippen molar-refractivity contribution in [3.05, 3.63) is 35.9 Å². The fraction of sp³-hybridized carbons (Fsp3) is 0.100. The van der Waals surface area contributed by atoms with Gasteiger partial charge in [-0.05, 0) is 5.56 Å². The van der Waals surface area contributed by atoms with Gasteiger partial charge in [0, 0.05) is 12.6 Å². The second-order valence-electron chi connectivity index (χ2n) is 2.81. The first-order valence-electron chi connectivity index (χ1n) is 4.35. The van der Waals surface area contributed by atoms with Gasteiger partial charge in [-0.1, -0.05) is 30.3 Å². The fourth-order valence-corrected chi connectivity index (χ4v) is 0.925. The SMILES string of the molecule is NC(=O)C(=O)N/N=C/Cc1ccccc1. The number of carbonyl (C=O) groups excluding carboxylic acids is 2. The molecular formula is C10H11N3O2. The fourth-order valence-electron chi connectivity index (χ4n) is 0.925. The number of nitrogens with one attached hydrogen (secondary N) is 1. The van der Waals surface area contributed by atoms with Crippen molar-refractivity contribution in [2.45, 2.75) is 6.42 Å². The van der Waals surface area contributed by atoms with E-state index in [0.29, 0.717) is 6.42 Å². The minimum atomic E-state index is -1.05. The molecule has 0 aliphatic heterocycles. The molecule has 0 saturated carbocycles. The Bertz CT molecular complexity index is 374. The molecule has 0 heterocycles. The zero-order valence-corrected chi connectivity index (χ0v) is 8.01. The van der Waals surface area contributed by atoms with Gasteiger partial charge in [0.1, 0.15) is 0 Å². The monoisotopic (exact) mass is 205 g/mol. The van der Waals surface area contributed by atoms with Crippen LogP contribution in [-0.2, 0) is 16.0 Å². The largest absolute Gasteiger partial charge is 0.361 e. The van der Waals surface area contributed by atoms with Crippen molar-refractivity contribution in [1.82, 2.24) is 5.43 Å². The molecule has 0 radical (unpaired) electrons. The Morgan fingerprint density at radius 1 is 1.33 bits per heavy atom. The summed E-state index contributed by atoms with van der Waals surface area (Å²) in [5, 5.41) is 3.56. The number of hydrogen-bond acceptors (Lipinski definition) is 3. The van der Waals surface area contributed by atoms with Gasteiger partial charge < -0.3 is 5.73 Å². The number of hydrazone groups is 1. The molecule has 78 valence electrons. The molecule has 0 aliphatic rings. The first kappa shape index (κ1) is 10.9. The van der Waals surface area contributed by atoms with E-state index in [4.69, 9.17) is 5.73 Å². The van der Waals surface area contributed by atoms with Crippen molar-refractivity contribution < 1.29 is 9.59 Å². The van der Waals surface area contributed by atoms with Crippen LogP contribution in [0.15, 0.2) is 35.4 Å². The number of primary amides is 1. The molecule has 1 aromatic rings. The highest BCUT2D eigenvalue weighted by Gasteiger charge is 2.04. The molecule has 0 atom stereocenters. The van der Waals surface area contributed by atoms with E-state index in [1.165, 1.54) is 6.21 Å². The minimum Gasteiger partial charge on any atom is -0.361 e. The van der Waals surface area contributed by atoms with Gasteiger partial charge in [-0.15, -0.1) is 0 Å². The zero-order chi connectivity index (χ0) is 11.1. The number of rotatable bonds is 3. The van der Waals surface area contributed by atoms with Gasteiger partial charge >= 0.3 is 11.8 Å². The van der Waals surface area contributed by atoms with Crippen molar-refractivity contribution in [1.29, 1.82) is 0 Å². The van der Waals surface area contributed by atoms with E-state index < -0.39 is 11.8 Å². The number of hydrogen-bond donors (Lipinski definition) is 2. The lowest BCUT2D eigenvalue weighted by atomic mass is 10.2. The van der Waals surface area contributed by atoms with Crippen LogP contribution in [0.5, 0.6) is 0 Å². The highest BCUT2D eigenvalue weighted by molar-refractivity contribution is 6.34. The number of benzene rings is 1. The third-order valence-electron chi connectivity index (χ3n) is 1.65. The number of nitrogens with two attached hydrogens (primary N) is 1. The van der Waals surface area contributed by atoms with Crippen LogP contribution in [0.1, 0.15) is 5.56 Å². The molecule has 5 heteroatoms. The summed E-state index contributed by atoms with van der Waals surface area (Å²) in [6, 6.07) is 9.59. The van der Waals surface area contributed by atoms with Gasteiger partial charge in [-0.25, -0.2) is 5.43 Å². The van der Waals surface area contributed by atoms with Crippen LogP contribution in [0.2, 0.25) is 0 Å². The maximum Gasteiger partial charge on any atom is 0.329 e.